The van der Waals surface area contributed by atoms with Crippen LogP contribution in [0.25, 0.3) is 0 Å². The molecule has 1 saturated heterocycles. The minimum Gasteiger partial charge on any atom is -0.457 e. The average molecular weight is 569 g/mol. The number of ether oxygens (including phenoxy) is 1. The summed E-state index contributed by atoms with van der Waals surface area (Å²) in [6.07, 6.45) is 2.49. The highest BCUT2D eigenvalue weighted by Crippen LogP contribution is 2.38. The molecular formula is C23H27Br2N3O4. The molecule has 2 aromatic rings. The number of carbonyl (C=O) groups is 2. The summed E-state index contributed by atoms with van der Waals surface area (Å²) in [5.41, 5.74) is 7.37. The van der Waals surface area contributed by atoms with Crippen molar-refractivity contribution in [3.05, 3.63) is 57.0 Å². The van der Waals surface area contributed by atoms with Gasteiger partial charge < -0.3 is 15.4 Å². The Kier molecular flexibility index (Phi) is 8.32. The molecule has 0 bridgehead atoms. The zero-order chi connectivity index (χ0) is 23.3. The first kappa shape index (κ1) is 24.7. The van der Waals surface area contributed by atoms with Crippen LogP contribution in [0.2, 0.25) is 0 Å². The third kappa shape index (κ3) is 5.51. The quantitative estimate of drug-likeness (QED) is 0.235. The van der Waals surface area contributed by atoms with Crippen molar-refractivity contribution in [2.75, 3.05) is 13.1 Å². The smallest absolute Gasteiger partial charge is 0.266 e. The highest BCUT2D eigenvalue weighted by atomic mass is 79.9. The molecule has 4 N–H and O–H groups in total. The Morgan fingerprint density at radius 2 is 1.84 bits per heavy atom. The second kappa shape index (κ2) is 10.8. The number of hydroxylamine groups is 1. The van der Waals surface area contributed by atoms with Gasteiger partial charge in [0.05, 0.1) is 5.41 Å². The molecule has 2 unspecified atom stereocenters. The van der Waals surface area contributed by atoms with Crippen LogP contribution >= 0.6 is 31.9 Å². The average Bonchev–Trinajstić information content (AvgIpc) is 3.06. The number of unbranched alkanes of at least 4 members (excludes halogenated alkanes) is 1. The van der Waals surface area contributed by atoms with E-state index in [1.165, 1.54) is 0 Å². The van der Waals surface area contributed by atoms with E-state index in [4.69, 9.17) is 15.7 Å². The molecule has 0 aliphatic carbocycles. The van der Waals surface area contributed by atoms with Crippen molar-refractivity contribution >= 4 is 43.7 Å². The maximum atomic E-state index is 13.4. The second-order valence-electron chi connectivity index (χ2n) is 8.09. The number of benzene rings is 2. The summed E-state index contributed by atoms with van der Waals surface area (Å²) in [6.45, 7) is 2.86. The van der Waals surface area contributed by atoms with Crippen LogP contribution in [0.3, 0.4) is 0 Å². The van der Waals surface area contributed by atoms with Gasteiger partial charge in [-0.15, -0.1) is 0 Å². The van der Waals surface area contributed by atoms with Crippen LogP contribution in [0.15, 0.2) is 51.4 Å². The molecule has 3 rings (SSSR count). The normalized spacial score (nSPS) is 19.2. The Morgan fingerprint density at radius 3 is 2.44 bits per heavy atom. The molecule has 2 aromatic carbocycles. The van der Waals surface area contributed by atoms with E-state index in [-0.39, 0.29) is 5.91 Å². The van der Waals surface area contributed by atoms with Crippen LogP contribution in [0.5, 0.6) is 11.5 Å². The van der Waals surface area contributed by atoms with E-state index in [2.05, 4.69) is 31.9 Å². The van der Waals surface area contributed by atoms with Crippen LogP contribution in [0.1, 0.15) is 38.2 Å². The van der Waals surface area contributed by atoms with Gasteiger partial charge in [-0.3, -0.25) is 14.8 Å². The van der Waals surface area contributed by atoms with Gasteiger partial charge >= 0.3 is 0 Å². The first-order valence-electron chi connectivity index (χ1n) is 10.5. The largest absolute Gasteiger partial charge is 0.457 e. The minimum atomic E-state index is -0.751. The van der Waals surface area contributed by atoms with E-state index >= 15 is 0 Å². The van der Waals surface area contributed by atoms with E-state index in [0.29, 0.717) is 43.9 Å². The summed E-state index contributed by atoms with van der Waals surface area (Å²) >= 11 is 6.89. The zero-order valence-electron chi connectivity index (χ0n) is 17.8. The summed E-state index contributed by atoms with van der Waals surface area (Å²) in [5.74, 6) is 0.652. The van der Waals surface area contributed by atoms with Crippen molar-refractivity contribution in [1.29, 1.82) is 0 Å². The van der Waals surface area contributed by atoms with Gasteiger partial charge in [-0.25, -0.2) is 5.48 Å². The SMILES string of the molecule is CC1(c2ccc(Oc3cc(Br)cc(Br)c3)cc2)CCN(C(CCCCN)C(=O)NO)C1=O. The fraction of sp³-hybridized carbons (Fsp3) is 0.391. The second-order valence-corrected chi connectivity index (χ2v) is 9.92. The number of likely N-dealkylation sites (tertiary alicyclic amines) is 1. The molecule has 2 amide bonds. The van der Waals surface area contributed by atoms with Crippen molar-refractivity contribution in [2.24, 2.45) is 5.73 Å². The molecule has 1 heterocycles. The summed E-state index contributed by atoms with van der Waals surface area (Å²) < 4.78 is 7.73. The topological polar surface area (TPSA) is 105 Å². The van der Waals surface area contributed by atoms with Crippen LogP contribution in [0, 0.1) is 0 Å². The maximum Gasteiger partial charge on any atom is 0.266 e. The van der Waals surface area contributed by atoms with Crippen LogP contribution < -0.4 is 16.0 Å². The van der Waals surface area contributed by atoms with Crippen LogP contribution in [-0.4, -0.2) is 41.1 Å². The predicted octanol–water partition coefficient (Wildman–Crippen LogP) is 4.50. The number of hydrogen-bond donors (Lipinski definition) is 3. The lowest BCUT2D eigenvalue weighted by Crippen LogP contribution is -2.49. The monoisotopic (exact) mass is 567 g/mol. The van der Waals surface area contributed by atoms with Gasteiger partial charge in [0.1, 0.15) is 17.5 Å². The van der Waals surface area contributed by atoms with Gasteiger partial charge in [0.2, 0.25) is 5.91 Å². The lowest BCUT2D eigenvalue weighted by molar-refractivity contribution is -0.144. The standard InChI is InChI=1S/C23H27Br2N3O4/c1-23(9-11-28(22(23)30)20(21(29)27-31)4-2-3-10-26)15-5-7-18(8-6-15)32-19-13-16(24)12-17(25)14-19/h5-8,12-14,20,31H,2-4,9-11,26H2,1H3,(H,27,29). The molecule has 1 fully saturated rings. The number of nitrogens with zero attached hydrogens (tertiary/aromatic N) is 1. The highest BCUT2D eigenvalue weighted by molar-refractivity contribution is 9.11. The van der Waals surface area contributed by atoms with Gasteiger partial charge in [0.25, 0.3) is 5.91 Å². The molecule has 7 nitrogen and oxygen atoms in total. The fourth-order valence-corrected chi connectivity index (χ4v) is 5.29. The van der Waals surface area contributed by atoms with Crippen molar-refractivity contribution in [2.45, 2.75) is 44.1 Å². The molecule has 1 aliphatic heterocycles. The lowest BCUT2D eigenvalue weighted by atomic mass is 9.81. The predicted molar refractivity (Wildman–Crippen MR) is 129 cm³/mol. The Balaban J connectivity index is 1.75. The third-order valence-corrected chi connectivity index (χ3v) is 6.79. The minimum absolute atomic E-state index is 0.122. The Hall–Kier alpha value is -1.94. The third-order valence-electron chi connectivity index (χ3n) is 5.87. The van der Waals surface area contributed by atoms with Crippen LogP contribution in [-0.2, 0) is 15.0 Å². The van der Waals surface area contributed by atoms with E-state index in [1.807, 2.05) is 49.4 Å². The van der Waals surface area contributed by atoms with Gasteiger partial charge in [-0.05, 0) is 75.0 Å². The number of nitrogens with one attached hydrogen (secondary N) is 1. The van der Waals surface area contributed by atoms with Crippen molar-refractivity contribution < 1.29 is 19.5 Å². The maximum absolute atomic E-state index is 13.4. The number of hydrogen-bond acceptors (Lipinski definition) is 5. The van der Waals surface area contributed by atoms with Gasteiger partial charge in [-0.1, -0.05) is 44.0 Å². The van der Waals surface area contributed by atoms with Gasteiger partial charge in [0.15, 0.2) is 0 Å². The number of carbonyl (C=O) groups excluding carboxylic acids is 2. The summed E-state index contributed by atoms with van der Waals surface area (Å²) in [6, 6.07) is 12.4. The van der Waals surface area contributed by atoms with E-state index in [0.717, 1.165) is 20.9 Å². The molecule has 0 aromatic heterocycles. The van der Waals surface area contributed by atoms with E-state index in [9.17, 15) is 9.59 Å². The Bertz CT molecular complexity index is 950. The number of amides is 2. The van der Waals surface area contributed by atoms with Crippen molar-refractivity contribution in [1.82, 2.24) is 10.4 Å². The Morgan fingerprint density at radius 1 is 1.19 bits per heavy atom. The molecule has 1 aliphatic rings. The fourth-order valence-electron chi connectivity index (χ4n) is 4.03. The highest BCUT2D eigenvalue weighted by Gasteiger charge is 2.47. The molecule has 2 atom stereocenters. The molecule has 32 heavy (non-hydrogen) atoms. The van der Waals surface area contributed by atoms with Crippen molar-refractivity contribution in [3.8, 4) is 11.5 Å². The van der Waals surface area contributed by atoms with Crippen LogP contribution in [0.4, 0.5) is 0 Å². The molecule has 9 heteroatoms. The van der Waals surface area contributed by atoms with Crippen molar-refractivity contribution in [3.63, 3.8) is 0 Å². The number of nitrogens with two attached hydrogens (primary N) is 1. The van der Waals surface area contributed by atoms with E-state index < -0.39 is 17.4 Å². The molecular weight excluding hydrogens is 542 g/mol. The first-order chi connectivity index (χ1) is 15.3. The summed E-state index contributed by atoms with van der Waals surface area (Å²) in [4.78, 5) is 27.2. The Labute approximate surface area is 204 Å². The first-order valence-corrected chi connectivity index (χ1v) is 12.1. The van der Waals surface area contributed by atoms with Gasteiger partial charge in [0, 0.05) is 15.5 Å². The number of rotatable bonds is 9. The van der Waals surface area contributed by atoms with E-state index in [1.54, 1.807) is 10.4 Å². The molecule has 0 radical (unpaired) electrons. The molecule has 0 spiro atoms. The lowest BCUT2D eigenvalue weighted by Gasteiger charge is -2.29. The summed E-state index contributed by atoms with van der Waals surface area (Å²) in [7, 11) is 0. The number of halogens is 2. The molecule has 0 saturated carbocycles. The summed E-state index contributed by atoms with van der Waals surface area (Å²) in [5, 5.41) is 9.16. The zero-order valence-corrected chi connectivity index (χ0v) is 21.0. The molecule has 172 valence electrons. The van der Waals surface area contributed by atoms with Gasteiger partial charge in [-0.2, -0.15) is 0 Å².